The summed E-state index contributed by atoms with van der Waals surface area (Å²) < 4.78 is 0. The highest BCUT2D eigenvalue weighted by atomic mass is 16.1. The van der Waals surface area contributed by atoms with E-state index in [2.05, 4.69) is 5.32 Å². The van der Waals surface area contributed by atoms with Crippen molar-refractivity contribution in [2.75, 3.05) is 12.3 Å². The Balaban J connectivity index is 1.85. The van der Waals surface area contributed by atoms with E-state index in [1.807, 2.05) is 0 Å². The Bertz CT molecular complexity index is 353. The molecule has 0 aromatic heterocycles. The third kappa shape index (κ3) is 2.83. The Labute approximate surface area is 96.0 Å². The number of carbonyl (C=O) groups excluding carboxylic acids is 1. The van der Waals surface area contributed by atoms with Crippen LogP contribution in [-0.4, -0.2) is 18.4 Å². The summed E-state index contributed by atoms with van der Waals surface area (Å²) in [5.74, 6) is 0.145. The van der Waals surface area contributed by atoms with Crippen LogP contribution in [0.1, 0.15) is 36.0 Å². The number of benzene rings is 1. The fourth-order valence-corrected chi connectivity index (χ4v) is 2.14. The molecular weight excluding hydrogens is 200 g/mol. The summed E-state index contributed by atoms with van der Waals surface area (Å²) in [4.78, 5) is 11.8. The molecule has 3 heteroatoms. The van der Waals surface area contributed by atoms with E-state index in [0.29, 0.717) is 18.3 Å². The molecule has 0 saturated heterocycles. The molecular formula is C13H18N2O. The minimum atomic E-state index is 0.145. The SMILES string of the molecule is Nc1ccc(C(=O)CNC2CCCC2)cc1. The molecule has 1 saturated carbocycles. The van der Waals surface area contributed by atoms with Gasteiger partial charge < -0.3 is 11.1 Å². The van der Waals surface area contributed by atoms with Crippen LogP contribution in [0, 0.1) is 0 Å². The predicted molar refractivity (Wildman–Crippen MR) is 65.4 cm³/mol. The number of Topliss-reactive ketones (excluding diaryl/α,β-unsaturated/α-hetero) is 1. The largest absolute Gasteiger partial charge is 0.399 e. The van der Waals surface area contributed by atoms with Gasteiger partial charge >= 0.3 is 0 Å². The fraction of sp³-hybridized carbons (Fsp3) is 0.462. The Hall–Kier alpha value is -1.35. The first-order chi connectivity index (χ1) is 7.75. The normalized spacial score (nSPS) is 16.5. The fourth-order valence-electron chi connectivity index (χ4n) is 2.14. The quantitative estimate of drug-likeness (QED) is 0.600. The molecule has 0 heterocycles. The van der Waals surface area contributed by atoms with Crippen LogP contribution >= 0.6 is 0 Å². The smallest absolute Gasteiger partial charge is 0.176 e. The van der Waals surface area contributed by atoms with Gasteiger partial charge in [-0.2, -0.15) is 0 Å². The number of carbonyl (C=O) groups is 1. The molecule has 1 aromatic carbocycles. The molecule has 3 N–H and O–H groups in total. The van der Waals surface area contributed by atoms with Crippen LogP contribution in [0.3, 0.4) is 0 Å². The van der Waals surface area contributed by atoms with Crippen molar-refractivity contribution in [3.63, 3.8) is 0 Å². The molecule has 1 aliphatic rings. The third-order valence-electron chi connectivity index (χ3n) is 3.14. The van der Waals surface area contributed by atoms with Crippen LogP contribution in [0.2, 0.25) is 0 Å². The zero-order chi connectivity index (χ0) is 11.4. The molecule has 1 aromatic rings. The average molecular weight is 218 g/mol. The molecule has 0 aliphatic heterocycles. The summed E-state index contributed by atoms with van der Waals surface area (Å²) in [6.07, 6.45) is 4.98. The van der Waals surface area contributed by atoms with Crippen LogP contribution in [0.25, 0.3) is 0 Å². The summed E-state index contributed by atoms with van der Waals surface area (Å²) in [6.45, 7) is 0.439. The topological polar surface area (TPSA) is 55.1 Å². The average Bonchev–Trinajstić information content (AvgIpc) is 2.80. The highest BCUT2D eigenvalue weighted by Gasteiger charge is 2.15. The Kier molecular flexibility index (Phi) is 3.57. The summed E-state index contributed by atoms with van der Waals surface area (Å²) in [7, 11) is 0. The molecule has 16 heavy (non-hydrogen) atoms. The Morgan fingerprint density at radius 2 is 1.88 bits per heavy atom. The number of ketones is 1. The maximum atomic E-state index is 11.8. The van der Waals surface area contributed by atoms with Crippen LogP contribution in [-0.2, 0) is 0 Å². The standard InChI is InChI=1S/C13H18N2O/c14-11-7-5-10(6-8-11)13(16)9-15-12-3-1-2-4-12/h5-8,12,15H,1-4,9,14H2. The van der Waals surface area contributed by atoms with Crippen LogP contribution in [0.4, 0.5) is 5.69 Å². The number of nitrogens with one attached hydrogen (secondary N) is 1. The van der Waals surface area contributed by atoms with Gasteiger partial charge in [0, 0.05) is 17.3 Å². The van der Waals surface area contributed by atoms with Gasteiger partial charge in [0.05, 0.1) is 6.54 Å². The summed E-state index contributed by atoms with van der Waals surface area (Å²) in [6, 6.07) is 7.64. The molecule has 3 nitrogen and oxygen atoms in total. The highest BCUT2D eigenvalue weighted by Crippen LogP contribution is 2.17. The zero-order valence-electron chi connectivity index (χ0n) is 9.41. The first kappa shape index (κ1) is 11.1. The van der Waals surface area contributed by atoms with Gasteiger partial charge in [0.25, 0.3) is 0 Å². The van der Waals surface area contributed by atoms with Crippen molar-refractivity contribution in [3.8, 4) is 0 Å². The zero-order valence-corrected chi connectivity index (χ0v) is 9.41. The molecule has 0 radical (unpaired) electrons. The number of nitrogen functional groups attached to an aromatic ring is 1. The molecule has 0 atom stereocenters. The van der Waals surface area contributed by atoms with Crippen molar-refractivity contribution in [1.82, 2.24) is 5.32 Å². The number of hydrogen-bond acceptors (Lipinski definition) is 3. The molecule has 1 fully saturated rings. The third-order valence-corrected chi connectivity index (χ3v) is 3.14. The van der Waals surface area contributed by atoms with Crippen LogP contribution < -0.4 is 11.1 Å². The molecule has 0 unspecified atom stereocenters. The lowest BCUT2D eigenvalue weighted by Crippen LogP contribution is -2.31. The van der Waals surface area contributed by atoms with E-state index in [4.69, 9.17) is 5.73 Å². The molecule has 1 aliphatic carbocycles. The van der Waals surface area contributed by atoms with Gasteiger partial charge in [0.1, 0.15) is 0 Å². The molecule has 2 rings (SSSR count). The second kappa shape index (κ2) is 5.12. The minimum absolute atomic E-state index is 0.145. The first-order valence-electron chi connectivity index (χ1n) is 5.88. The minimum Gasteiger partial charge on any atom is -0.399 e. The van der Waals surface area contributed by atoms with Gasteiger partial charge in [-0.3, -0.25) is 4.79 Å². The van der Waals surface area contributed by atoms with E-state index < -0.39 is 0 Å². The lowest BCUT2D eigenvalue weighted by molar-refractivity contribution is 0.0987. The Morgan fingerprint density at radius 3 is 2.50 bits per heavy atom. The van der Waals surface area contributed by atoms with E-state index in [9.17, 15) is 4.79 Å². The maximum absolute atomic E-state index is 11.8. The number of nitrogens with two attached hydrogens (primary N) is 1. The van der Waals surface area contributed by atoms with Gasteiger partial charge in [-0.05, 0) is 37.1 Å². The summed E-state index contributed by atoms with van der Waals surface area (Å²) in [5, 5.41) is 3.31. The van der Waals surface area contributed by atoms with Crippen molar-refractivity contribution in [3.05, 3.63) is 29.8 Å². The van der Waals surface area contributed by atoms with E-state index in [-0.39, 0.29) is 5.78 Å². The van der Waals surface area contributed by atoms with Crippen molar-refractivity contribution in [1.29, 1.82) is 0 Å². The highest BCUT2D eigenvalue weighted by molar-refractivity contribution is 5.97. The molecule has 0 bridgehead atoms. The van der Waals surface area contributed by atoms with Gasteiger partial charge in [-0.1, -0.05) is 12.8 Å². The van der Waals surface area contributed by atoms with Gasteiger partial charge in [-0.15, -0.1) is 0 Å². The van der Waals surface area contributed by atoms with Gasteiger partial charge in [0.2, 0.25) is 0 Å². The molecule has 86 valence electrons. The van der Waals surface area contributed by atoms with Crippen molar-refractivity contribution < 1.29 is 4.79 Å². The van der Waals surface area contributed by atoms with Gasteiger partial charge in [0.15, 0.2) is 5.78 Å². The summed E-state index contributed by atoms with van der Waals surface area (Å²) >= 11 is 0. The lowest BCUT2D eigenvalue weighted by atomic mass is 10.1. The van der Waals surface area contributed by atoms with Crippen molar-refractivity contribution >= 4 is 11.5 Å². The Morgan fingerprint density at radius 1 is 1.25 bits per heavy atom. The van der Waals surface area contributed by atoms with Gasteiger partial charge in [-0.25, -0.2) is 0 Å². The monoisotopic (exact) mass is 218 g/mol. The molecule has 0 amide bonds. The first-order valence-corrected chi connectivity index (χ1v) is 5.88. The van der Waals surface area contributed by atoms with Crippen LogP contribution in [0.5, 0.6) is 0 Å². The van der Waals surface area contributed by atoms with E-state index >= 15 is 0 Å². The van der Waals surface area contributed by atoms with Crippen LogP contribution in [0.15, 0.2) is 24.3 Å². The number of anilines is 1. The molecule has 0 spiro atoms. The summed E-state index contributed by atoms with van der Waals surface area (Å²) in [5.41, 5.74) is 7.00. The van der Waals surface area contributed by atoms with E-state index in [0.717, 1.165) is 5.56 Å². The van der Waals surface area contributed by atoms with E-state index in [1.54, 1.807) is 24.3 Å². The maximum Gasteiger partial charge on any atom is 0.176 e. The lowest BCUT2D eigenvalue weighted by Gasteiger charge is -2.10. The van der Waals surface area contributed by atoms with Crippen molar-refractivity contribution in [2.24, 2.45) is 0 Å². The van der Waals surface area contributed by atoms with E-state index in [1.165, 1.54) is 25.7 Å². The second-order valence-electron chi connectivity index (χ2n) is 4.41. The number of rotatable bonds is 4. The van der Waals surface area contributed by atoms with Crippen molar-refractivity contribution in [2.45, 2.75) is 31.7 Å². The number of hydrogen-bond donors (Lipinski definition) is 2. The second-order valence-corrected chi connectivity index (χ2v) is 4.41. The predicted octanol–water partition coefficient (Wildman–Crippen LogP) is 1.98.